The van der Waals surface area contributed by atoms with Crippen LogP contribution in [0.4, 0.5) is 24.5 Å². The summed E-state index contributed by atoms with van der Waals surface area (Å²) in [7, 11) is 0. The fourth-order valence-electron chi connectivity index (χ4n) is 2.07. The number of nitrogen functional groups attached to an aromatic ring is 1. The van der Waals surface area contributed by atoms with Gasteiger partial charge in [0.15, 0.2) is 0 Å². The maximum atomic E-state index is 13.0. The Bertz CT molecular complexity index is 712. The van der Waals surface area contributed by atoms with Crippen LogP contribution in [0.3, 0.4) is 0 Å². The molecule has 0 unspecified atom stereocenters. The van der Waals surface area contributed by atoms with Crippen LogP contribution in [-0.2, 0) is 6.18 Å². The lowest BCUT2D eigenvalue weighted by molar-refractivity contribution is -0.383. The molecule has 0 bridgehead atoms. The van der Waals surface area contributed by atoms with Crippen LogP contribution >= 0.6 is 0 Å². The van der Waals surface area contributed by atoms with Crippen LogP contribution in [-0.4, -0.2) is 4.92 Å². The van der Waals surface area contributed by atoms with E-state index in [0.717, 1.165) is 12.1 Å². The third kappa shape index (κ3) is 2.81. The first kappa shape index (κ1) is 14.8. The van der Waals surface area contributed by atoms with Crippen molar-refractivity contribution in [2.75, 3.05) is 5.73 Å². The van der Waals surface area contributed by atoms with Crippen molar-refractivity contribution < 1.29 is 18.1 Å². The minimum Gasteiger partial charge on any atom is -0.393 e. The second kappa shape index (κ2) is 5.08. The molecule has 0 amide bonds. The van der Waals surface area contributed by atoms with Gasteiger partial charge in [-0.1, -0.05) is 18.2 Å². The van der Waals surface area contributed by atoms with Gasteiger partial charge < -0.3 is 5.73 Å². The molecule has 21 heavy (non-hydrogen) atoms. The highest BCUT2D eigenvalue weighted by atomic mass is 19.4. The molecule has 0 aromatic heterocycles. The number of aryl methyl sites for hydroxylation is 1. The first-order chi connectivity index (χ1) is 9.71. The number of rotatable bonds is 2. The minimum absolute atomic E-state index is 0.0479. The van der Waals surface area contributed by atoms with Crippen molar-refractivity contribution in [1.29, 1.82) is 0 Å². The number of halogens is 3. The van der Waals surface area contributed by atoms with Gasteiger partial charge in [0.25, 0.3) is 5.69 Å². The number of alkyl halides is 3. The van der Waals surface area contributed by atoms with Gasteiger partial charge in [-0.15, -0.1) is 0 Å². The molecule has 0 aliphatic carbocycles. The number of hydrogen-bond donors (Lipinski definition) is 1. The van der Waals surface area contributed by atoms with Crippen LogP contribution in [0.15, 0.2) is 36.4 Å². The van der Waals surface area contributed by atoms with Crippen LogP contribution in [0.5, 0.6) is 0 Å². The Hall–Kier alpha value is -2.57. The molecule has 2 N–H and O–H groups in total. The molecule has 0 aliphatic rings. The van der Waals surface area contributed by atoms with E-state index in [9.17, 15) is 23.3 Å². The van der Waals surface area contributed by atoms with Gasteiger partial charge in [0.05, 0.1) is 10.5 Å². The summed E-state index contributed by atoms with van der Waals surface area (Å²) in [6.07, 6.45) is -4.54. The van der Waals surface area contributed by atoms with E-state index in [0.29, 0.717) is 5.56 Å². The van der Waals surface area contributed by atoms with Gasteiger partial charge in [-0.05, 0) is 35.7 Å². The van der Waals surface area contributed by atoms with Gasteiger partial charge in [-0.2, -0.15) is 13.2 Å². The average molecular weight is 296 g/mol. The SMILES string of the molecule is Cc1cc(-c2ccccc2C(F)(F)F)cc([N+](=O)[O-])c1N. The molecule has 0 saturated heterocycles. The summed E-state index contributed by atoms with van der Waals surface area (Å²) in [4.78, 5) is 10.2. The van der Waals surface area contributed by atoms with E-state index in [1.54, 1.807) is 0 Å². The molecule has 0 atom stereocenters. The summed E-state index contributed by atoms with van der Waals surface area (Å²) in [5.41, 5.74) is 4.65. The molecule has 2 rings (SSSR count). The molecule has 7 heteroatoms. The Kier molecular flexibility index (Phi) is 3.59. The lowest BCUT2D eigenvalue weighted by Gasteiger charge is -2.13. The third-order valence-electron chi connectivity index (χ3n) is 3.11. The number of nitro groups is 1. The predicted octanol–water partition coefficient (Wildman–Crippen LogP) is 4.17. The van der Waals surface area contributed by atoms with E-state index in [-0.39, 0.29) is 16.8 Å². The van der Waals surface area contributed by atoms with Crippen molar-refractivity contribution in [2.45, 2.75) is 13.1 Å². The first-order valence-electron chi connectivity index (χ1n) is 5.93. The Morgan fingerprint density at radius 1 is 1.19 bits per heavy atom. The zero-order valence-corrected chi connectivity index (χ0v) is 10.9. The fraction of sp³-hybridized carbons (Fsp3) is 0.143. The average Bonchev–Trinajstić information content (AvgIpc) is 2.40. The van der Waals surface area contributed by atoms with E-state index < -0.39 is 22.4 Å². The maximum Gasteiger partial charge on any atom is 0.417 e. The number of anilines is 1. The number of benzene rings is 2. The predicted molar refractivity (Wildman–Crippen MR) is 72.7 cm³/mol. The number of nitrogens with zero attached hydrogens (tertiary/aromatic N) is 1. The topological polar surface area (TPSA) is 69.2 Å². The van der Waals surface area contributed by atoms with Crippen molar-refractivity contribution in [2.24, 2.45) is 0 Å². The molecular formula is C14H11F3N2O2. The van der Waals surface area contributed by atoms with Crippen molar-refractivity contribution >= 4 is 11.4 Å². The highest BCUT2D eigenvalue weighted by Crippen LogP contribution is 2.39. The molecule has 0 aliphatic heterocycles. The Morgan fingerprint density at radius 2 is 1.81 bits per heavy atom. The summed E-state index contributed by atoms with van der Waals surface area (Å²) in [5, 5.41) is 10.9. The van der Waals surface area contributed by atoms with E-state index in [1.165, 1.54) is 31.2 Å². The molecule has 0 heterocycles. The number of nitro benzene ring substituents is 1. The van der Waals surface area contributed by atoms with Crippen LogP contribution in [0.25, 0.3) is 11.1 Å². The van der Waals surface area contributed by atoms with E-state index >= 15 is 0 Å². The number of nitrogens with two attached hydrogens (primary N) is 1. The van der Waals surface area contributed by atoms with Crippen molar-refractivity contribution in [3.63, 3.8) is 0 Å². The minimum atomic E-state index is -4.54. The third-order valence-corrected chi connectivity index (χ3v) is 3.11. The monoisotopic (exact) mass is 296 g/mol. The summed E-state index contributed by atoms with van der Waals surface area (Å²) in [5.74, 6) is 0. The van der Waals surface area contributed by atoms with Gasteiger partial charge in [0.2, 0.25) is 0 Å². The summed E-state index contributed by atoms with van der Waals surface area (Å²) < 4.78 is 39.0. The molecule has 0 saturated carbocycles. The zero-order valence-electron chi connectivity index (χ0n) is 10.9. The molecule has 110 valence electrons. The van der Waals surface area contributed by atoms with Crippen molar-refractivity contribution in [3.8, 4) is 11.1 Å². The Labute approximate surface area is 118 Å². The van der Waals surface area contributed by atoms with Gasteiger partial charge >= 0.3 is 6.18 Å². The quantitative estimate of drug-likeness (QED) is 0.513. The molecular weight excluding hydrogens is 285 g/mol. The van der Waals surface area contributed by atoms with Gasteiger partial charge in [-0.25, -0.2) is 0 Å². The molecule has 0 radical (unpaired) electrons. The lowest BCUT2D eigenvalue weighted by Crippen LogP contribution is -2.07. The molecule has 2 aromatic rings. The van der Waals surface area contributed by atoms with Gasteiger partial charge in [0, 0.05) is 6.07 Å². The zero-order chi connectivity index (χ0) is 15.8. The summed E-state index contributed by atoms with van der Waals surface area (Å²) in [6.45, 7) is 1.52. The van der Waals surface area contributed by atoms with Crippen LogP contribution in [0.2, 0.25) is 0 Å². The van der Waals surface area contributed by atoms with E-state index in [2.05, 4.69) is 0 Å². The molecule has 4 nitrogen and oxygen atoms in total. The lowest BCUT2D eigenvalue weighted by atomic mass is 9.96. The second-order valence-electron chi connectivity index (χ2n) is 4.53. The standard InChI is InChI=1S/C14H11F3N2O2/c1-8-6-9(7-12(13(8)18)19(20)21)10-4-2-3-5-11(10)14(15,16)17/h2-7H,18H2,1H3. The fourth-order valence-corrected chi connectivity index (χ4v) is 2.07. The smallest absolute Gasteiger partial charge is 0.393 e. The second-order valence-corrected chi connectivity index (χ2v) is 4.53. The molecule has 0 fully saturated rings. The van der Waals surface area contributed by atoms with Crippen LogP contribution in [0, 0.1) is 17.0 Å². The highest BCUT2D eigenvalue weighted by molar-refractivity contribution is 5.77. The summed E-state index contributed by atoms with van der Waals surface area (Å²) >= 11 is 0. The van der Waals surface area contributed by atoms with Crippen LogP contribution in [0.1, 0.15) is 11.1 Å². The van der Waals surface area contributed by atoms with Gasteiger partial charge in [-0.3, -0.25) is 10.1 Å². The first-order valence-corrected chi connectivity index (χ1v) is 5.93. The van der Waals surface area contributed by atoms with Gasteiger partial charge in [0.1, 0.15) is 5.69 Å². The normalized spacial score (nSPS) is 11.4. The Balaban J connectivity index is 2.72. The Morgan fingerprint density at radius 3 is 2.38 bits per heavy atom. The molecule has 0 spiro atoms. The molecule has 2 aromatic carbocycles. The highest BCUT2D eigenvalue weighted by Gasteiger charge is 2.33. The van der Waals surface area contributed by atoms with E-state index in [1.807, 2.05) is 0 Å². The maximum absolute atomic E-state index is 13.0. The van der Waals surface area contributed by atoms with Crippen LogP contribution < -0.4 is 5.73 Å². The summed E-state index contributed by atoms with van der Waals surface area (Å²) in [6, 6.07) is 7.40. The number of hydrogen-bond acceptors (Lipinski definition) is 3. The van der Waals surface area contributed by atoms with Crippen molar-refractivity contribution in [1.82, 2.24) is 0 Å². The largest absolute Gasteiger partial charge is 0.417 e. The van der Waals surface area contributed by atoms with E-state index in [4.69, 9.17) is 5.73 Å². The van der Waals surface area contributed by atoms with Crippen molar-refractivity contribution in [3.05, 3.63) is 57.6 Å².